The fraction of sp³-hybridized carbons (Fsp3) is 0.478. The summed E-state index contributed by atoms with van der Waals surface area (Å²) in [5.74, 6) is 1.97. The summed E-state index contributed by atoms with van der Waals surface area (Å²) in [5.41, 5.74) is 1.93. The van der Waals surface area contributed by atoms with E-state index in [1.807, 2.05) is 25.1 Å². The van der Waals surface area contributed by atoms with Crippen molar-refractivity contribution in [3.05, 3.63) is 56.5 Å². The second-order valence-electron chi connectivity index (χ2n) is 7.99. The maximum atomic E-state index is 6.59. The number of halogens is 5. The van der Waals surface area contributed by atoms with E-state index in [0.29, 0.717) is 39.2 Å². The van der Waals surface area contributed by atoms with Crippen LogP contribution in [-0.4, -0.2) is 37.2 Å². The second kappa shape index (κ2) is 12.8. The molecule has 0 amide bonds. The van der Waals surface area contributed by atoms with Crippen molar-refractivity contribution in [3.63, 3.8) is 0 Å². The maximum absolute atomic E-state index is 6.59. The van der Waals surface area contributed by atoms with E-state index in [4.69, 9.17) is 44.3 Å². The predicted octanol–water partition coefficient (Wildman–Crippen LogP) is 6.65. The Hall–Kier alpha value is -0.590. The molecule has 1 unspecified atom stereocenters. The number of nitrogens with zero attached hydrogens (tertiary/aromatic N) is 1. The summed E-state index contributed by atoms with van der Waals surface area (Å²) in [7, 11) is 0. The zero-order valence-corrected chi connectivity index (χ0v) is 21.8. The molecule has 5 rings (SSSR count). The molecular weight excluding hydrogens is 514 g/mol. The molecule has 2 bridgehead atoms. The maximum Gasteiger partial charge on any atom is 0.180 e. The molecule has 3 aliphatic heterocycles. The third-order valence-corrected chi connectivity index (χ3v) is 6.85. The minimum Gasteiger partial charge on any atom is -0.490 e. The molecule has 1 N–H and O–H groups in total. The minimum absolute atomic E-state index is 0. The third-order valence-electron chi connectivity index (χ3n) is 5.98. The van der Waals surface area contributed by atoms with Crippen LogP contribution in [0, 0.1) is 5.92 Å². The van der Waals surface area contributed by atoms with Gasteiger partial charge in [-0.15, -0.1) is 24.8 Å². The van der Waals surface area contributed by atoms with Gasteiger partial charge < -0.3 is 19.7 Å². The van der Waals surface area contributed by atoms with Gasteiger partial charge in [-0.25, -0.2) is 0 Å². The lowest BCUT2D eigenvalue weighted by Gasteiger charge is -2.45. The summed E-state index contributed by atoms with van der Waals surface area (Å²) in [6, 6.07) is 9.87. The van der Waals surface area contributed by atoms with E-state index in [9.17, 15) is 0 Å². The SMILES string of the molecule is CCOc1cc(CNC2CN3CCC2CC3)cc(Cl)c1OCc1ccc(Cl)cc1Cl.Cl.Cl. The summed E-state index contributed by atoms with van der Waals surface area (Å²) in [6.45, 7) is 7.15. The van der Waals surface area contributed by atoms with Crippen molar-refractivity contribution in [3.8, 4) is 11.5 Å². The fourth-order valence-electron chi connectivity index (χ4n) is 4.36. The molecule has 0 radical (unpaired) electrons. The molecule has 2 aromatic rings. The normalized spacial score (nSPS) is 21.4. The lowest BCUT2D eigenvalue weighted by Crippen LogP contribution is -2.55. The standard InChI is InChI=1S/C23H27Cl3N2O2.2ClH/c1-2-29-22-10-15(12-27-21-13-28-7-5-16(21)6-8-28)9-20(26)23(22)30-14-17-3-4-18(24)11-19(17)25;;/h3-4,9-11,16,21,27H,2,5-8,12-14H2,1H3;2*1H. The van der Waals surface area contributed by atoms with Gasteiger partial charge in [0, 0.05) is 34.7 Å². The van der Waals surface area contributed by atoms with Crippen molar-refractivity contribution in [2.45, 2.75) is 39.0 Å². The summed E-state index contributed by atoms with van der Waals surface area (Å²) < 4.78 is 11.8. The monoisotopic (exact) mass is 540 g/mol. The lowest BCUT2D eigenvalue weighted by atomic mass is 9.84. The number of piperidine rings is 3. The van der Waals surface area contributed by atoms with Crippen molar-refractivity contribution in [1.82, 2.24) is 10.2 Å². The van der Waals surface area contributed by atoms with Gasteiger partial charge in [0.1, 0.15) is 6.61 Å². The van der Waals surface area contributed by atoms with Crippen LogP contribution < -0.4 is 14.8 Å². The van der Waals surface area contributed by atoms with Gasteiger partial charge in [-0.05, 0) is 68.6 Å². The Bertz CT molecular complexity index is 891. The highest BCUT2D eigenvalue weighted by atomic mass is 35.5. The Kier molecular flexibility index (Phi) is 11.0. The van der Waals surface area contributed by atoms with Crippen LogP contribution in [0.3, 0.4) is 0 Å². The topological polar surface area (TPSA) is 33.7 Å². The first-order valence-corrected chi connectivity index (χ1v) is 11.6. The number of benzene rings is 2. The van der Waals surface area contributed by atoms with Gasteiger partial charge in [-0.1, -0.05) is 40.9 Å². The van der Waals surface area contributed by atoms with Crippen molar-refractivity contribution in [1.29, 1.82) is 0 Å². The third kappa shape index (κ3) is 6.73. The summed E-state index contributed by atoms with van der Waals surface area (Å²) in [6.07, 6.45) is 2.59. The van der Waals surface area contributed by atoms with E-state index in [-0.39, 0.29) is 31.4 Å². The number of hydrogen-bond donors (Lipinski definition) is 1. The zero-order valence-electron chi connectivity index (χ0n) is 17.9. The average Bonchev–Trinajstić information content (AvgIpc) is 2.74. The van der Waals surface area contributed by atoms with Gasteiger partial charge in [0.2, 0.25) is 0 Å². The Balaban J connectivity index is 0.00000181. The van der Waals surface area contributed by atoms with Crippen LogP contribution in [0.5, 0.6) is 11.5 Å². The highest BCUT2D eigenvalue weighted by molar-refractivity contribution is 6.35. The molecule has 9 heteroatoms. The van der Waals surface area contributed by atoms with Gasteiger partial charge in [0.25, 0.3) is 0 Å². The molecule has 32 heavy (non-hydrogen) atoms. The summed E-state index contributed by atoms with van der Waals surface area (Å²) >= 11 is 18.8. The highest BCUT2D eigenvalue weighted by Gasteiger charge is 2.33. The van der Waals surface area contributed by atoms with Crippen molar-refractivity contribution < 1.29 is 9.47 Å². The fourth-order valence-corrected chi connectivity index (χ4v) is 5.11. The lowest BCUT2D eigenvalue weighted by molar-refractivity contribution is 0.0720. The summed E-state index contributed by atoms with van der Waals surface area (Å²) in [5, 5.41) is 5.43. The molecule has 0 aliphatic carbocycles. The molecule has 0 aromatic heterocycles. The molecule has 1 atom stereocenters. The number of rotatable bonds is 8. The molecule has 3 aliphatic rings. The quantitative estimate of drug-likeness (QED) is 0.405. The molecule has 3 heterocycles. The first-order valence-electron chi connectivity index (χ1n) is 10.5. The van der Waals surface area contributed by atoms with Crippen molar-refractivity contribution in [2.75, 3.05) is 26.2 Å². The highest BCUT2D eigenvalue weighted by Crippen LogP contribution is 2.38. The second-order valence-corrected chi connectivity index (χ2v) is 9.24. The van der Waals surface area contributed by atoms with Gasteiger partial charge in [-0.2, -0.15) is 0 Å². The molecule has 0 spiro atoms. The van der Waals surface area contributed by atoms with E-state index in [1.54, 1.807) is 12.1 Å². The molecule has 4 nitrogen and oxygen atoms in total. The average molecular weight is 543 g/mol. The molecule has 178 valence electrons. The smallest absolute Gasteiger partial charge is 0.180 e. The van der Waals surface area contributed by atoms with Crippen LogP contribution in [-0.2, 0) is 13.2 Å². The number of nitrogens with one attached hydrogen (secondary N) is 1. The van der Waals surface area contributed by atoms with Gasteiger partial charge in [0.15, 0.2) is 11.5 Å². The number of hydrogen-bond acceptors (Lipinski definition) is 4. The van der Waals surface area contributed by atoms with Gasteiger partial charge in [0.05, 0.1) is 11.6 Å². The van der Waals surface area contributed by atoms with Crippen LogP contribution in [0.4, 0.5) is 0 Å². The van der Waals surface area contributed by atoms with Crippen LogP contribution in [0.1, 0.15) is 30.9 Å². The van der Waals surface area contributed by atoms with Gasteiger partial charge >= 0.3 is 0 Å². The van der Waals surface area contributed by atoms with Gasteiger partial charge in [-0.3, -0.25) is 0 Å². The number of ether oxygens (including phenoxy) is 2. The van der Waals surface area contributed by atoms with Crippen molar-refractivity contribution >= 4 is 59.6 Å². The van der Waals surface area contributed by atoms with Crippen molar-refractivity contribution in [2.24, 2.45) is 5.92 Å². The van der Waals surface area contributed by atoms with E-state index in [0.717, 1.165) is 30.1 Å². The van der Waals surface area contributed by atoms with E-state index in [2.05, 4.69) is 10.2 Å². The zero-order chi connectivity index (χ0) is 21.1. The Morgan fingerprint density at radius 1 is 1.00 bits per heavy atom. The number of fused-ring (bicyclic) bond motifs is 3. The molecule has 2 aromatic carbocycles. The summed E-state index contributed by atoms with van der Waals surface area (Å²) in [4.78, 5) is 2.55. The Morgan fingerprint density at radius 2 is 1.75 bits per heavy atom. The first kappa shape index (κ1) is 27.7. The first-order chi connectivity index (χ1) is 14.5. The van der Waals surface area contributed by atoms with Crippen LogP contribution >= 0.6 is 59.6 Å². The Labute approximate surface area is 217 Å². The molecule has 0 saturated carbocycles. The van der Waals surface area contributed by atoms with E-state index < -0.39 is 0 Å². The van der Waals surface area contributed by atoms with Crippen LogP contribution in [0.25, 0.3) is 0 Å². The van der Waals surface area contributed by atoms with E-state index >= 15 is 0 Å². The van der Waals surface area contributed by atoms with E-state index in [1.165, 1.54) is 25.9 Å². The van der Waals surface area contributed by atoms with Crippen LogP contribution in [0.15, 0.2) is 30.3 Å². The van der Waals surface area contributed by atoms with Crippen LogP contribution in [0.2, 0.25) is 15.1 Å². The molecule has 3 saturated heterocycles. The molecule has 3 fully saturated rings. The molecular formula is C23H29Cl5N2O2. The predicted molar refractivity (Wildman–Crippen MR) is 138 cm³/mol. The minimum atomic E-state index is 0. The largest absolute Gasteiger partial charge is 0.490 e. The Morgan fingerprint density at radius 3 is 2.38 bits per heavy atom.